The molecule has 0 saturated carbocycles. The highest BCUT2D eigenvalue weighted by atomic mass is 16.2. The maximum absolute atomic E-state index is 12.7. The minimum atomic E-state index is -0.101. The van der Waals surface area contributed by atoms with Gasteiger partial charge in [-0.2, -0.15) is 0 Å². The molecule has 0 radical (unpaired) electrons. The first-order valence-electron chi connectivity index (χ1n) is 9.95. The lowest BCUT2D eigenvalue weighted by molar-refractivity contribution is -0.127. The molecule has 2 aromatic rings. The fraction of sp³-hybridized carbons (Fsp3) is 0.391. The van der Waals surface area contributed by atoms with E-state index in [1.165, 1.54) is 12.5 Å². The summed E-state index contributed by atoms with van der Waals surface area (Å²) in [7, 11) is 0. The SMILES string of the molecule is CC(=O)Nc1cccc([C@H](C)NC(=O)C2CCN(Cc3ccccc3)CC2)c1. The van der Waals surface area contributed by atoms with Crippen molar-refractivity contribution in [2.24, 2.45) is 5.92 Å². The number of carbonyl (C=O) groups excluding carboxylic acids is 2. The van der Waals surface area contributed by atoms with Gasteiger partial charge in [0.05, 0.1) is 6.04 Å². The Hall–Kier alpha value is -2.66. The Kier molecular flexibility index (Phi) is 6.82. The summed E-state index contributed by atoms with van der Waals surface area (Å²) < 4.78 is 0. The molecule has 1 aliphatic heterocycles. The van der Waals surface area contributed by atoms with Crippen molar-refractivity contribution < 1.29 is 9.59 Å². The number of carbonyl (C=O) groups is 2. The van der Waals surface area contributed by atoms with Crippen molar-refractivity contribution in [1.82, 2.24) is 10.2 Å². The highest BCUT2D eigenvalue weighted by Crippen LogP contribution is 2.22. The van der Waals surface area contributed by atoms with Gasteiger partial charge in [0.1, 0.15) is 0 Å². The van der Waals surface area contributed by atoms with E-state index < -0.39 is 0 Å². The van der Waals surface area contributed by atoms with E-state index in [-0.39, 0.29) is 23.8 Å². The van der Waals surface area contributed by atoms with Crippen molar-refractivity contribution in [3.05, 3.63) is 65.7 Å². The van der Waals surface area contributed by atoms with Crippen molar-refractivity contribution in [2.75, 3.05) is 18.4 Å². The van der Waals surface area contributed by atoms with Crippen LogP contribution in [0.4, 0.5) is 5.69 Å². The third-order valence-corrected chi connectivity index (χ3v) is 5.27. The number of amides is 2. The zero-order chi connectivity index (χ0) is 19.9. The molecule has 0 aliphatic carbocycles. The van der Waals surface area contributed by atoms with E-state index in [0.717, 1.165) is 43.7 Å². The van der Waals surface area contributed by atoms with Crippen LogP contribution in [-0.4, -0.2) is 29.8 Å². The first-order chi connectivity index (χ1) is 13.5. The van der Waals surface area contributed by atoms with Crippen LogP contribution in [0.1, 0.15) is 43.9 Å². The van der Waals surface area contributed by atoms with E-state index >= 15 is 0 Å². The second-order valence-corrected chi connectivity index (χ2v) is 7.57. The van der Waals surface area contributed by atoms with Crippen LogP contribution in [0.2, 0.25) is 0 Å². The number of hydrogen-bond donors (Lipinski definition) is 2. The predicted octanol–water partition coefficient (Wildman–Crippen LogP) is 3.73. The highest BCUT2D eigenvalue weighted by Gasteiger charge is 2.26. The van der Waals surface area contributed by atoms with Crippen LogP contribution in [0.3, 0.4) is 0 Å². The fourth-order valence-electron chi connectivity index (χ4n) is 3.70. The van der Waals surface area contributed by atoms with Crippen LogP contribution in [0.25, 0.3) is 0 Å². The lowest BCUT2D eigenvalue weighted by atomic mass is 9.94. The Bertz CT molecular complexity index is 799. The molecule has 5 heteroatoms. The van der Waals surface area contributed by atoms with Gasteiger partial charge < -0.3 is 10.6 Å². The standard InChI is InChI=1S/C23H29N3O2/c1-17(21-9-6-10-22(15-21)25-18(2)27)24-23(28)20-11-13-26(14-12-20)16-19-7-4-3-5-8-19/h3-10,15,17,20H,11-14,16H2,1-2H3,(H,24,28)(H,25,27)/t17-/m0/s1. The minimum absolute atomic E-state index is 0.0630. The van der Waals surface area contributed by atoms with Gasteiger partial charge in [-0.25, -0.2) is 0 Å². The first kappa shape index (κ1) is 20.1. The van der Waals surface area contributed by atoms with E-state index in [2.05, 4.69) is 39.8 Å². The molecule has 1 saturated heterocycles. The van der Waals surface area contributed by atoms with Gasteiger partial charge in [-0.15, -0.1) is 0 Å². The van der Waals surface area contributed by atoms with Gasteiger partial charge in [0.15, 0.2) is 0 Å². The first-order valence-corrected chi connectivity index (χ1v) is 9.95. The number of benzene rings is 2. The zero-order valence-electron chi connectivity index (χ0n) is 16.7. The smallest absolute Gasteiger partial charge is 0.223 e. The monoisotopic (exact) mass is 379 g/mol. The lowest BCUT2D eigenvalue weighted by Gasteiger charge is -2.32. The van der Waals surface area contributed by atoms with Crippen molar-refractivity contribution in [1.29, 1.82) is 0 Å². The number of anilines is 1. The Labute approximate surface area is 167 Å². The molecule has 148 valence electrons. The summed E-state index contributed by atoms with van der Waals surface area (Å²) in [6.45, 7) is 6.30. The number of likely N-dealkylation sites (tertiary alicyclic amines) is 1. The van der Waals surface area contributed by atoms with Gasteiger partial charge in [-0.3, -0.25) is 14.5 Å². The van der Waals surface area contributed by atoms with E-state index in [1.807, 2.05) is 37.3 Å². The molecule has 0 spiro atoms. The summed E-state index contributed by atoms with van der Waals surface area (Å²) in [6.07, 6.45) is 1.77. The summed E-state index contributed by atoms with van der Waals surface area (Å²) in [6, 6.07) is 18.0. The average molecular weight is 380 g/mol. The molecule has 0 unspecified atom stereocenters. The topological polar surface area (TPSA) is 61.4 Å². The van der Waals surface area contributed by atoms with Crippen molar-refractivity contribution in [2.45, 2.75) is 39.3 Å². The Morgan fingerprint density at radius 1 is 1.07 bits per heavy atom. The summed E-state index contributed by atoms with van der Waals surface area (Å²) in [4.78, 5) is 26.4. The van der Waals surface area contributed by atoms with Gasteiger partial charge >= 0.3 is 0 Å². The van der Waals surface area contributed by atoms with Crippen molar-refractivity contribution in [3.8, 4) is 0 Å². The van der Waals surface area contributed by atoms with Crippen LogP contribution in [0, 0.1) is 5.92 Å². The molecule has 1 atom stereocenters. The third kappa shape index (κ3) is 5.67. The predicted molar refractivity (Wildman–Crippen MR) is 112 cm³/mol. The molecule has 5 nitrogen and oxygen atoms in total. The van der Waals surface area contributed by atoms with Crippen molar-refractivity contribution in [3.63, 3.8) is 0 Å². The van der Waals surface area contributed by atoms with E-state index in [1.54, 1.807) is 0 Å². The number of piperidine rings is 1. The van der Waals surface area contributed by atoms with Crippen LogP contribution in [0.15, 0.2) is 54.6 Å². The summed E-state index contributed by atoms with van der Waals surface area (Å²) >= 11 is 0. The molecule has 1 fully saturated rings. The normalized spacial score (nSPS) is 16.4. The molecule has 3 rings (SSSR count). The summed E-state index contributed by atoms with van der Waals surface area (Å²) in [5.41, 5.74) is 3.06. The quantitative estimate of drug-likeness (QED) is 0.804. The molecule has 2 amide bonds. The fourth-order valence-corrected chi connectivity index (χ4v) is 3.70. The average Bonchev–Trinajstić information content (AvgIpc) is 2.69. The molecule has 2 N–H and O–H groups in total. The summed E-state index contributed by atoms with van der Waals surface area (Å²) in [5, 5.41) is 5.93. The lowest BCUT2D eigenvalue weighted by Crippen LogP contribution is -2.40. The summed E-state index contributed by atoms with van der Waals surface area (Å²) in [5.74, 6) is 0.0842. The van der Waals surface area contributed by atoms with Gasteiger partial charge in [0.25, 0.3) is 0 Å². The molecule has 2 aromatic carbocycles. The zero-order valence-corrected chi connectivity index (χ0v) is 16.7. The van der Waals surface area contributed by atoms with Crippen LogP contribution in [-0.2, 0) is 16.1 Å². The van der Waals surface area contributed by atoms with Gasteiger partial charge in [-0.05, 0) is 56.1 Å². The van der Waals surface area contributed by atoms with Crippen molar-refractivity contribution >= 4 is 17.5 Å². The number of nitrogens with zero attached hydrogens (tertiary/aromatic N) is 1. The molecule has 0 aromatic heterocycles. The van der Waals surface area contributed by atoms with E-state index in [4.69, 9.17) is 0 Å². The molecule has 1 aliphatic rings. The Morgan fingerprint density at radius 3 is 2.46 bits per heavy atom. The molecular formula is C23H29N3O2. The van der Waals surface area contributed by atoms with E-state index in [0.29, 0.717) is 0 Å². The maximum atomic E-state index is 12.7. The molecule has 0 bridgehead atoms. The van der Waals surface area contributed by atoms with Gasteiger partial charge in [0, 0.05) is 25.1 Å². The Morgan fingerprint density at radius 2 is 1.79 bits per heavy atom. The minimum Gasteiger partial charge on any atom is -0.349 e. The highest BCUT2D eigenvalue weighted by molar-refractivity contribution is 5.88. The second kappa shape index (κ2) is 9.51. The second-order valence-electron chi connectivity index (χ2n) is 7.57. The third-order valence-electron chi connectivity index (χ3n) is 5.27. The number of nitrogens with one attached hydrogen (secondary N) is 2. The number of hydrogen-bond acceptors (Lipinski definition) is 3. The van der Waals surface area contributed by atoms with Gasteiger partial charge in [0.2, 0.25) is 11.8 Å². The molecule has 28 heavy (non-hydrogen) atoms. The van der Waals surface area contributed by atoms with E-state index in [9.17, 15) is 9.59 Å². The number of rotatable bonds is 6. The Balaban J connectivity index is 1.49. The molecular weight excluding hydrogens is 350 g/mol. The molecule has 1 heterocycles. The maximum Gasteiger partial charge on any atom is 0.223 e. The van der Waals surface area contributed by atoms with Crippen LogP contribution in [0.5, 0.6) is 0 Å². The van der Waals surface area contributed by atoms with Crippen LogP contribution < -0.4 is 10.6 Å². The van der Waals surface area contributed by atoms with Crippen LogP contribution >= 0.6 is 0 Å². The largest absolute Gasteiger partial charge is 0.349 e. The van der Waals surface area contributed by atoms with Gasteiger partial charge in [-0.1, -0.05) is 42.5 Å².